The summed E-state index contributed by atoms with van der Waals surface area (Å²) < 4.78 is 0. The van der Waals surface area contributed by atoms with Crippen LogP contribution in [0.2, 0.25) is 0 Å². The smallest absolute Gasteiger partial charge is 0.248 e. The van der Waals surface area contributed by atoms with Crippen LogP contribution in [0.15, 0.2) is 42.5 Å². The first-order chi connectivity index (χ1) is 15.3. The van der Waals surface area contributed by atoms with Crippen molar-refractivity contribution >= 4 is 11.7 Å². The molecule has 3 aliphatic carbocycles. The molecule has 0 heterocycles. The minimum Gasteiger partial charge on any atom is -0.392 e. The summed E-state index contributed by atoms with van der Waals surface area (Å²) in [5.74, 6) is 1.54. The van der Waals surface area contributed by atoms with Crippen LogP contribution in [0.4, 0.5) is 0 Å². The lowest BCUT2D eigenvalue weighted by Gasteiger charge is -2.50. The number of hydrogen-bond acceptors (Lipinski definition) is 3. The van der Waals surface area contributed by atoms with Gasteiger partial charge in [0.2, 0.25) is 5.91 Å². The number of aliphatic hydroxyl groups is 1. The van der Waals surface area contributed by atoms with Crippen molar-refractivity contribution in [1.29, 1.82) is 0 Å². The number of aryl methyl sites for hydroxylation is 1. The molecule has 4 nitrogen and oxygen atoms in total. The highest BCUT2D eigenvalue weighted by atomic mass is 16.3. The van der Waals surface area contributed by atoms with Crippen LogP contribution in [0.1, 0.15) is 82.9 Å². The molecule has 2 aromatic carbocycles. The predicted octanol–water partition coefficient (Wildman–Crippen LogP) is 4.67. The van der Waals surface area contributed by atoms with Crippen molar-refractivity contribution in [3.63, 3.8) is 0 Å². The SMILES string of the molecule is CC(=O)c1ccc2c(c1)CCC1C3C[C@H](Cc4cccc(C(N)=O)c4)[C@H](O)C3(C)CC[C@H]21. The predicted molar refractivity (Wildman–Crippen MR) is 125 cm³/mol. The Morgan fingerprint density at radius 3 is 2.69 bits per heavy atom. The van der Waals surface area contributed by atoms with E-state index < -0.39 is 5.91 Å². The number of carbonyl (C=O) groups excluding carboxylic acids is 2. The fourth-order valence-electron chi connectivity index (χ4n) is 7.30. The number of benzene rings is 2. The van der Waals surface area contributed by atoms with E-state index in [2.05, 4.69) is 19.1 Å². The van der Waals surface area contributed by atoms with E-state index in [1.165, 1.54) is 11.1 Å². The number of carbonyl (C=O) groups is 2. The largest absolute Gasteiger partial charge is 0.392 e. The van der Waals surface area contributed by atoms with Crippen molar-refractivity contribution in [1.82, 2.24) is 0 Å². The quantitative estimate of drug-likeness (QED) is 0.690. The summed E-state index contributed by atoms with van der Waals surface area (Å²) in [5.41, 5.74) is 10.6. The molecule has 0 aliphatic heterocycles. The fraction of sp³-hybridized carbons (Fsp3) is 0.500. The zero-order chi connectivity index (χ0) is 22.6. The molecule has 5 rings (SSSR count). The number of ketones is 1. The Hall–Kier alpha value is -2.46. The van der Waals surface area contributed by atoms with E-state index in [4.69, 9.17) is 5.73 Å². The van der Waals surface area contributed by atoms with Crippen molar-refractivity contribution in [3.05, 3.63) is 70.3 Å². The molecule has 32 heavy (non-hydrogen) atoms. The Bertz CT molecular complexity index is 1080. The molecule has 1 amide bonds. The monoisotopic (exact) mass is 431 g/mol. The van der Waals surface area contributed by atoms with Crippen LogP contribution < -0.4 is 5.73 Å². The highest BCUT2D eigenvalue weighted by Gasteiger charge is 2.57. The van der Waals surface area contributed by atoms with E-state index in [1.54, 1.807) is 13.0 Å². The van der Waals surface area contributed by atoms with Crippen LogP contribution in [-0.4, -0.2) is 22.9 Å². The van der Waals surface area contributed by atoms with Crippen molar-refractivity contribution < 1.29 is 14.7 Å². The average molecular weight is 432 g/mol. The van der Waals surface area contributed by atoms with Gasteiger partial charge in [-0.25, -0.2) is 0 Å². The number of hydrogen-bond donors (Lipinski definition) is 2. The lowest BCUT2D eigenvalue weighted by molar-refractivity contribution is -0.0325. The zero-order valence-corrected chi connectivity index (χ0v) is 19.0. The molecular weight excluding hydrogens is 398 g/mol. The normalized spacial score (nSPS) is 33.2. The number of nitrogens with two attached hydrogens (primary N) is 1. The van der Waals surface area contributed by atoms with Crippen molar-refractivity contribution in [2.24, 2.45) is 28.9 Å². The Morgan fingerprint density at radius 2 is 1.94 bits per heavy atom. The third kappa shape index (κ3) is 3.40. The lowest BCUT2D eigenvalue weighted by Crippen LogP contribution is -2.44. The molecule has 0 aromatic heterocycles. The maximum absolute atomic E-state index is 11.8. The molecule has 3 unspecified atom stereocenters. The number of Topliss-reactive ketones (excluding diaryl/α,β-unsaturated/α-hetero) is 1. The van der Waals surface area contributed by atoms with Crippen LogP contribution in [0.3, 0.4) is 0 Å². The number of rotatable bonds is 4. The van der Waals surface area contributed by atoms with Crippen LogP contribution in [-0.2, 0) is 12.8 Å². The van der Waals surface area contributed by atoms with Crippen molar-refractivity contribution in [2.75, 3.05) is 0 Å². The number of fused-ring (bicyclic) bond motifs is 5. The summed E-state index contributed by atoms with van der Waals surface area (Å²) in [7, 11) is 0. The molecule has 0 radical (unpaired) electrons. The maximum Gasteiger partial charge on any atom is 0.248 e. The molecule has 0 saturated heterocycles. The molecule has 0 spiro atoms. The van der Waals surface area contributed by atoms with Gasteiger partial charge in [-0.3, -0.25) is 9.59 Å². The Kier molecular flexibility index (Phi) is 5.24. The molecule has 3 N–H and O–H groups in total. The summed E-state index contributed by atoms with van der Waals surface area (Å²) in [6, 6.07) is 13.9. The topological polar surface area (TPSA) is 80.4 Å². The maximum atomic E-state index is 11.8. The van der Waals surface area contributed by atoms with Gasteiger partial charge in [-0.2, -0.15) is 0 Å². The van der Waals surface area contributed by atoms with Gasteiger partial charge in [-0.05, 0) is 109 Å². The van der Waals surface area contributed by atoms with Gasteiger partial charge in [0.25, 0.3) is 0 Å². The van der Waals surface area contributed by atoms with E-state index >= 15 is 0 Å². The molecule has 0 bridgehead atoms. The molecule has 168 valence electrons. The van der Waals surface area contributed by atoms with Crippen molar-refractivity contribution in [3.8, 4) is 0 Å². The Balaban J connectivity index is 1.39. The summed E-state index contributed by atoms with van der Waals surface area (Å²) in [4.78, 5) is 23.4. The molecule has 2 saturated carbocycles. The molecule has 3 aliphatic rings. The molecule has 2 aromatic rings. The molecular formula is C28H33NO3. The van der Waals surface area contributed by atoms with E-state index in [9.17, 15) is 14.7 Å². The summed E-state index contributed by atoms with van der Waals surface area (Å²) in [5, 5.41) is 11.4. The van der Waals surface area contributed by atoms with E-state index in [-0.39, 0.29) is 23.2 Å². The van der Waals surface area contributed by atoms with Gasteiger partial charge in [0.05, 0.1) is 6.10 Å². The zero-order valence-electron chi connectivity index (χ0n) is 19.0. The van der Waals surface area contributed by atoms with Gasteiger partial charge in [0, 0.05) is 11.1 Å². The van der Waals surface area contributed by atoms with Gasteiger partial charge >= 0.3 is 0 Å². The number of primary amides is 1. The minimum absolute atomic E-state index is 0.0516. The summed E-state index contributed by atoms with van der Waals surface area (Å²) in [6.07, 6.45) is 5.77. The second-order valence-corrected chi connectivity index (χ2v) is 10.6. The van der Waals surface area contributed by atoms with Crippen LogP contribution in [0.5, 0.6) is 0 Å². The fourth-order valence-corrected chi connectivity index (χ4v) is 7.30. The van der Waals surface area contributed by atoms with E-state index in [1.807, 2.05) is 24.3 Å². The van der Waals surface area contributed by atoms with Gasteiger partial charge < -0.3 is 10.8 Å². The number of aliphatic hydroxyl groups excluding tert-OH is 1. The second-order valence-electron chi connectivity index (χ2n) is 10.6. The number of amides is 1. The van der Waals surface area contributed by atoms with E-state index in [0.29, 0.717) is 23.3 Å². The lowest BCUT2D eigenvalue weighted by atomic mass is 9.55. The molecule has 6 atom stereocenters. The first-order valence-corrected chi connectivity index (χ1v) is 12.0. The summed E-state index contributed by atoms with van der Waals surface area (Å²) >= 11 is 0. The molecule has 4 heteroatoms. The Morgan fingerprint density at radius 1 is 1.12 bits per heavy atom. The minimum atomic E-state index is -0.406. The Labute approximate surface area is 190 Å². The first kappa shape index (κ1) is 21.4. The highest BCUT2D eigenvalue weighted by molar-refractivity contribution is 5.94. The average Bonchev–Trinajstić information content (AvgIpc) is 3.03. The highest BCUT2D eigenvalue weighted by Crippen LogP contribution is 2.62. The first-order valence-electron chi connectivity index (χ1n) is 12.0. The van der Waals surface area contributed by atoms with Gasteiger partial charge in [-0.15, -0.1) is 0 Å². The van der Waals surface area contributed by atoms with Crippen LogP contribution in [0, 0.1) is 23.2 Å². The van der Waals surface area contributed by atoms with Crippen molar-refractivity contribution in [2.45, 2.75) is 64.4 Å². The van der Waals surface area contributed by atoms with Crippen LogP contribution in [0.25, 0.3) is 0 Å². The summed E-state index contributed by atoms with van der Waals surface area (Å²) in [6.45, 7) is 3.94. The third-order valence-electron chi connectivity index (χ3n) is 8.96. The molecule has 2 fully saturated rings. The third-order valence-corrected chi connectivity index (χ3v) is 8.96. The van der Waals surface area contributed by atoms with Gasteiger partial charge in [0.1, 0.15) is 0 Å². The van der Waals surface area contributed by atoms with Crippen LogP contribution >= 0.6 is 0 Å². The van der Waals surface area contributed by atoms with Gasteiger partial charge in [-0.1, -0.05) is 31.2 Å². The van der Waals surface area contributed by atoms with E-state index in [0.717, 1.165) is 49.7 Å². The standard InChI is InChI=1S/C28H33NO3/c1-16(30)18-6-8-22-19(14-18)7-9-24-23(22)10-11-28(2)25(24)15-21(26(28)31)13-17-4-3-5-20(12-17)27(29)32/h3-6,8,12,14,21,23-26,31H,7,9-11,13,15H2,1-2H3,(H2,29,32)/t21-,23+,24?,25?,26-,28?/m0/s1. The van der Waals surface area contributed by atoms with Gasteiger partial charge in [0.15, 0.2) is 5.78 Å². The second kappa shape index (κ2) is 7.84.